The third-order valence-corrected chi connectivity index (χ3v) is 4.27. The lowest BCUT2D eigenvalue weighted by atomic mass is 10.1. The van der Waals surface area contributed by atoms with Crippen LogP contribution in [0.1, 0.15) is 12.0 Å². The summed E-state index contributed by atoms with van der Waals surface area (Å²) in [5.74, 6) is -0.791. The number of hydrogen-bond acceptors (Lipinski definition) is 7. The van der Waals surface area contributed by atoms with Crippen LogP contribution in [0.25, 0.3) is 11.4 Å². The predicted molar refractivity (Wildman–Crippen MR) is 94.3 cm³/mol. The normalized spacial score (nSPS) is 18.6. The molecule has 0 radical (unpaired) electrons. The van der Waals surface area contributed by atoms with Crippen LogP contribution in [0.15, 0.2) is 52.9 Å². The largest absolute Gasteiger partial charge is 0.481 e. The summed E-state index contributed by atoms with van der Waals surface area (Å²) in [5.41, 5.74) is 1.65. The number of carbonyl (C=O) groups excluding carboxylic acids is 1. The molecule has 1 saturated heterocycles. The molecule has 0 spiro atoms. The molecule has 0 aliphatic carbocycles. The second kappa shape index (κ2) is 7.67. The van der Waals surface area contributed by atoms with Gasteiger partial charge in [-0.15, -0.1) is 5.10 Å². The molecule has 25 heavy (non-hydrogen) atoms. The molecule has 1 aliphatic rings. The Labute approximate surface area is 147 Å². The lowest BCUT2D eigenvalue weighted by molar-refractivity contribution is -0.138. The second-order valence-electron chi connectivity index (χ2n) is 5.04. The van der Waals surface area contributed by atoms with E-state index in [9.17, 15) is 9.59 Å². The quantitative estimate of drug-likeness (QED) is 0.621. The van der Waals surface area contributed by atoms with E-state index in [1.165, 1.54) is 6.21 Å². The van der Waals surface area contributed by atoms with Gasteiger partial charge >= 0.3 is 5.97 Å². The summed E-state index contributed by atoms with van der Waals surface area (Å²) in [5, 5.41) is 18.7. The van der Waals surface area contributed by atoms with Crippen molar-refractivity contribution in [2.45, 2.75) is 11.7 Å². The van der Waals surface area contributed by atoms with Gasteiger partial charge in [-0.2, -0.15) is 5.10 Å². The van der Waals surface area contributed by atoms with Crippen LogP contribution in [0.5, 0.6) is 0 Å². The first kappa shape index (κ1) is 16.8. The average molecular weight is 355 g/mol. The van der Waals surface area contributed by atoms with Crippen LogP contribution in [0.3, 0.4) is 0 Å². The predicted octanol–water partition coefficient (Wildman–Crippen LogP) is 1.54. The fourth-order valence-electron chi connectivity index (χ4n) is 2.10. The van der Waals surface area contributed by atoms with E-state index in [2.05, 4.69) is 25.5 Å². The van der Waals surface area contributed by atoms with E-state index < -0.39 is 11.2 Å². The number of carboxylic acid groups (broad SMARTS) is 1. The van der Waals surface area contributed by atoms with Crippen molar-refractivity contribution < 1.29 is 14.7 Å². The molecule has 1 aliphatic heterocycles. The summed E-state index contributed by atoms with van der Waals surface area (Å²) in [6.07, 6.45) is 4.63. The fraction of sp³-hybridized carbons (Fsp3) is 0.125. The van der Waals surface area contributed by atoms with Gasteiger partial charge in [-0.25, -0.2) is 9.97 Å². The minimum atomic E-state index is -1.03. The van der Waals surface area contributed by atoms with Gasteiger partial charge in [0.2, 0.25) is 5.91 Å². The molecule has 1 fully saturated rings. The highest BCUT2D eigenvalue weighted by Crippen LogP contribution is 2.22. The molecule has 2 N–H and O–H groups in total. The van der Waals surface area contributed by atoms with Crippen molar-refractivity contribution in [3.63, 3.8) is 0 Å². The van der Waals surface area contributed by atoms with Gasteiger partial charge in [0.05, 0.1) is 12.6 Å². The molecule has 1 unspecified atom stereocenters. The van der Waals surface area contributed by atoms with Crippen molar-refractivity contribution in [3.05, 3.63) is 48.3 Å². The summed E-state index contributed by atoms with van der Waals surface area (Å²) in [6, 6.07) is 9.21. The third-order valence-electron chi connectivity index (χ3n) is 3.20. The number of thioether (sulfide) groups is 1. The lowest BCUT2D eigenvalue weighted by Crippen LogP contribution is -2.26. The zero-order valence-electron chi connectivity index (χ0n) is 12.9. The van der Waals surface area contributed by atoms with Gasteiger partial charge < -0.3 is 10.4 Å². The summed E-state index contributed by atoms with van der Waals surface area (Å²) in [6.45, 7) is 0. The molecule has 8 nitrogen and oxygen atoms in total. The molecular formula is C16H13N5O3S. The number of benzene rings is 1. The van der Waals surface area contributed by atoms with Crippen molar-refractivity contribution in [2.75, 3.05) is 0 Å². The summed E-state index contributed by atoms with van der Waals surface area (Å²) in [7, 11) is 0. The Balaban J connectivity index is 1.69. The van der Waals surface area contributed by atoms with Crippen molar-refractivity contribution >= 4 is 35.0 Å². The Morgan fingerprint density at radius 1 is 1.32 bits per heavy atom. The average Bonchev–Trinajstić information content (AvgIpc) is 2.95. The van der Waals surface area contributed by atoms with E-state index >= 15 is 0 Å². The number of aliphatic carboxylic acids is 1. The number of amidine groups is 1. The molecule has 3 rings (SSSR count). The number of aromatic nitrogens is 2. The van der Waals surface area contributed by atoms with Gasteiger partial charge in [-0.3, -0.25) is 9.59 Å². The van der Waals surface area contributed by atoms with Crippen LogP contribution >= 0.6 is 11.8 Å². The Morgan fingerprint density at radius 2 is 2.12 bits per heavy atom. The van der Waals surface area contributed by atoms with Gasteiger partial charge in [-0.1, -0.05) is 30.0 Å². The number of nitrogens with one attached hydrogen (secondary N) is 1. The molecule has 1 atom stereocenters. The maximum Gasteiger partial charge on any atom is 0.305 e. The highest BCUT2D eigenvalue weighted by Gasteiger charge is 2.32. The van der Waals surface area contributed by atoms with Gasteiger partial charge in [0.1, 0.15) is 5.25 Å². The highest BCUT2D eigenvalue weighted by atomic mass is 32.2. The van der Waals surface area contributed by atoms with Crippen molar-refractivity contribution in [2.24, 2.45) is 10.2 Å². The van der Waals surface area contributed by atoms with Crippen molar-refractivity contribution in [1.82, 2.24) is 15.3 Å². The van der Waals surface area contributed by atoms with E-state index in [0.717, 1.165) is 22.9 Å². The minimum absolute atomic E-state index is 0.252. The molecule has 2 aromatic rings. The number of carbonyl (C=O) groups is 2. The number of rotatable bonds is 5. The van der Waals surface area contributed by atoms with Crippen LogP contribution in [-0.4, -0.2) is 43.6 Å². The molecule has 1 aromatic carbocycles. The molecule has 1 aromatic heterocycles. The van der Waals surface area contributed by atoms with E-state index in [-0.39, 0.29) is 17.5 Å². The fourth-order valence-corrected chi connectivity index (χ4v) is 3.01. The molecule has 0 bridgehead atoms. The van der Waals surface area contributed by atoms with E-state index in [0.29, 0.717) is 5.82 Å². The Bertz CT molecular complexity index is 854. The summed E-state index contributed by atoms with van der Waals surface area (Å²) in [4.78, 5) is 30.7. The Hall–Kier alpha value is -3.07. The topological polar surface area (TPSA) is 117 Å². The minimum Gasteiger partial charge on any atom is -0.481 e. The third kappa shape index (κ3) is 4.48. The van der Waals surface area contributed by atoms with Crippen LogP contribution in [0.4, 0.5) is 0 Å². The molecule has 0 saturated carbocycles. The number of nitrogens with zero attached hydrogens (tertiary/aromatic N) is 4. The van der Waals surface area contributed by atoms with E-state index in [1.807, 2.05) is 24.3 Å². The molecular weight excluding hydrogens is 342 g/mol. The SMILES string of the molecule is O=C(O)CC1SC(=NN=Cc2cccc(-c3ncccn3)c2)NC1=O. The van der Waals surface area contributed by atoms with E-state index in [1.54, 1.807) is 18.5 Å². The molecule has 1 amide bonds. The van der Waals surface area contributed by atoms with Crippen LogP contribution in [-0.2, 0) is 9.59 Å². The molecule has 9 heteroatoms. The Kier molecular flexibility index (Phi) is 5.14. The number of hydrogen-bond donors (Lipinski definition) is 2. The van der Waals surface area contributed by atoms with Crippen LogP contribution in [0.2, 0.25) is 0 Å². The Morgan fingerprint density at radius 3 is 2.88 bits per heavy atom. The first-order valence-corrected chi connectivity index (χ1v) is 8.17. The van der Waals surface area contributed by atoms with Gasteiger partial charge in [-0.05, 0) is 17.7 Å². The van der Waals surface area contributed by atoms with Crippen LogP contribution in [0, 0.1) is 0 Å². The van der Waals surface area contributed by atoms with Gasteiger partial charge in [0.25, 0.3) is 0 Å². The van der Waals surface area contributed by atoms with E-state index in [4.69, 9.17) is 5.11 Å². The maximum atomic E-state index is 11.6. The first-order valence-electron chi connectivity index (χ1n) is 7.29. The summed E-state index contributed by atoms with van der Waals surface area (Å²) < 4.78 is 0. The van der Waals surface area contributed by atoms with Crippen LogP contribution < -0.4 is 5.32 Å². The number of amides is 1. The standard InChI is InChI=1S/C16H13N5O3S/c22-13(23)8-12-15(24)20-16(25-12)21-19-9-10-3-1-4-11(7-10)14-17-5-2-6-18-14/h1-7,9,12H,8H2,(H,22,23)(H,20,21,24). The second-order valence-corrected chi connectivity index (χ2v) is 6.23. The van der Waals surface area contributed by atoms with Gasteiger partial charge in [0, 0.05) is 18.0 Å². The highest BCUT2D eigenvalue weighted by molar-refractivity contribution is 8.15. The molecule has 2 heterocycles. The lowest BCUT2D eigenvalue weighted by Gasteiger charge is -2.00. The smallest absolute Gasteiger partial charge is 0.305 e. The van der Waals surface area contributed by atoms with Crippen molar-refractivity contribution in [1.29, 1.82) is 0 Å². The first-order chi connectivity index (χ1) is 12.1. The summed E-state index contributed by atoms with van der Waals surface area (Å²) >= 11 is 1.06. The monoisotopic (exact) mass is 355 g/mol. The number of carboxylic acids is 1. The molecule has 126 valence electrons. The van der Waals surface area contributed by atoms with Crippen molar-refractivity contribution in [3.8, 4) is 11.4 Å². The van der Waals surface area contributed by atoms with Gasteiger partial charge in [0.15, 0.2) is 11.0 Å². The maximum absolute atomic E-state index is 11.6. The zero-order valence-corrected chi connectivity index (χ0v) is 13.7. The zero-order chi connectivity index (χ0) is 17.6.